The van der Waals surface area contributed by atoms with Crippen LogP contribution in [0.4, 0.5) is 0 Å². The number of piperidine rings is 1. The predicted molar refractivity (Wildman–Crippen MR) is 115 cm³/mol. The summed E-state index contributed by atoms with van der Waals surface area (Å²) in [6, 6.07) is 0.477. The normalized spacial score (nSPS) is 36.2. The molecule has 0 aromatic carbocycles. The van der Waals surface area contributed by atoms with E-state index in [1.165, 1.54) is 38.5 Å². The molecule has 0 radical (unpaired) electrons. The Morgan fingerprint density at radius 3 is 2.48 bits per heavy atom. The summed E-state index contributed by atoms with van der Waals surface area (Å²) in [6.45, 7) is 7.82. The molecule has 2 saturated heterocycles. The molecule has 29 heavy (non-hydrogen) atoms. The van der Waals surface area contributed by atoms with Crippen LogP contribution >= 0.6 is 0 Å². The van der Waals surface area contributed by atoms with Crippen molar-refractivity contribution in [2.75, 3.05) is 26.2 Å². The van der Waals surface area contributed by atoms with Crippen LogP contribution in [0.15, 0.2) is 0 Å². The quantitative estimate of drug-likeness (QED) is 0.765. The Labute approximate surface area is 177 Å². The first-order valence-corrected chi connectivity index (χ1v) is 12.3. The van der Waals surface area contributed by atoms with Gasteiger partial charge in [-0.3, -0.25) is 14.5 Å². The average Bonchev–Trinajstić information content (AvgIpc) is 3.18. The molecule has 4 fully saturated rings. The SMILES string of the molecule is CCC1CC2CCCC(C2)C1NC(=O)[C@H]1CCCN1CC1CCN(C(C)=O)CC1. The van der Waals surface area contributed by atoms with E-state index in [1.54, 1.807) is 6.92 Å². The van der Waals surface area contributed by atoms with E-state index in [0.29, 0.717) is 29.7 Å². The van der Waals surface area contributed by atoms with Crippen LogP contribution < -0.4 is 5.32 Å². The first-order chi connectivity index (χ1) is 14.0. The fraction of sp³-hybridized carbons (Fsp3) is 0.917. The molecule has 2 saturated carbocycles. The summed E-state index contributed by atoms with van der Waals surface area (Å²) in [5, 5.41) is 3.57. The molecule has 0 spiro atoms. The molecule has 5 atom stereocenters. The first-order valence-electron chi connectivity index (χ1n) is 12.3. The highest BCUT2D eigenvalue weighted by molar-refractivity contribution is 5.82. The highest BCUT2D eigenvalue weighted by Gasteiger charge is 2.41. The predicted octanol–water partition coefficient (Wildman–Crippen LogP) is 3.43. The van der Waals surface area contributed by atoms with Crippen molar-refractivity contribution in [3.63, 3.8) is 0 Å². The molecule has 2 aliphatic carbocycles. The van der Waals surface area contributed by atoms with Gasteiger partial charge in [-0.15, -0.1) is 0 Å². The summed E-state index contributed by atoms with van der Waals surface area (Å²) in [6.07, 6.45) is 12.2. The number of carbonyl (C=O) groups excluding carboxylic acids is 2. The molecule has 164 valence electrons. The van der Waals surface area contributed by atoms with Crippen LogP contribution in [0.3, 0.4) is 0 Å². The Hall–Kier alpha value is -1.10. The van der Waals surface area contributed by atoms with Crippen molar-refractivity contribution in [1.29, 1.82) is 0 Å². The van der Waals surface area contributed by atoms with Gasteiger partial charge in [0.2, 0.25) is 11.8 Å². The smallest absolute Gasteiger partial charge is 0.237 e. The minimum absolute atomic E-state index is 0.0691. The van der Waals surface area contributed by atoms with Gasteiger partial charge in [0.25, 0.3) is 0 Å². The summed E-state index contributed by atoms with van der Waals surface area (Å²) in [7, 11) is 0. The van der Waals surface area contributed by atoms with Gasteiger partial charge in [-0.05, 0) is 75.2 Å². The van der Waals surface area contributed by atoms with Crippen molar-refractivity contribution in [1.82, 2.24) is 15.1 Å². The van der Waals surface area contributed by atoms with Crippen LogP contribution in [-0.4, -0.2) is 59.9 Å². The molecule has 4 rings (SSSR count). The number of rotatable bonds is 5. The maximum absolute atomic E-state index is 13.3. The third-order valence-corrected chi connectivity index (χ3v) is 8.53. The lowest BCUT2D eigenvalue weighted by atomic mass is 9.64. The Balaban J connectivity index is 1.32. The lowest BCUT2D eigenvalue weighted by molar-refractivity contribution is -0.130. The summed E-state index contributed by atoms with van der Waals surface area (Å²) < 4.78 is 0. The zero-order valence-electron chi connectivity index (χ0n) is 18.6. The average molecular weight is 404 g/mol. The standard InChI is InChI=1S/C24H41N3O2/c1-3-20-14-19-6-4-7-21(15-19)23(20)25-24(29)22-8-5-11-27(22)16-18-9-12-26(13-10-18)17(2)28/h18-23H,3-16H2,1-2H3,(H,25,29)/t19?,20?,21?,22-,23?/m1/s1. The van der Waals surface area contributed by atoms with Crippen molar-refractivity contribution in [2.24, 2.45) is 23.7 Å². The molecule has 4 aliphatic rings. The first kappa shape index (κ1) is 21.1. The van der Waals surface area contributed by atoms with Gasteiger partial charge < -0.3 is 10.2 Å². The van der Waals surface area contributed by atoms with Crippen molar-refractivity contribution in [3.05, 3.63) is 0 Å². The molecule has 2 amide bonds. The Morgan fingerprint density at radius 1 is 0.966 bits per heavy atom. The molecule has 0 aromatic heterocycles. The highest BCUT2D eigenvalue weighted by Crippen LogP contribution is 2.43. The van der Waals surface area contributed by atoms with Crippen molar-refractivity contribution in [2.45, 2.75) is 90.1 Å². The minimum Gasteiger partial charge on any atom is -0.351 e. The summed E-state index contributed by atoms with van der Waals surface area (Å²) in [5.41, 5.74) is 0. The summed E-state index contributed by atoms with van der Waals surface area (Å²) in [5.74, 6) is 3.42. The fourth-order valence-corrected chi connectivity index (χ4v) is 6.85. The topological polar surface area (TPSA) is 52.7 Å². The number of nitrogens with zero attached hydrogens (tertiary/aromatic N) is 2. The molecule has 5 heteroatoms. The number of nitrogens with one attached hydrogen (secondary N) is 1. The molecular formula is C24H41N3O2. The van der Waals surface area contributed by atoms with E-state index in [0.717, 1.165) is 57.8 Å². The largest absolute Gasteiger partial charge is 0.351 e. The van der Waals surface area contributed by atoms with Crippen molar-refractivity contribution >= 4 is 11.8 Å². The number of amides is 2. The minimum atomic E-state index is 0.0691. The molecule has 2 bridgehead atoms. The lowest BCUT2D eigenvalue weighted by Gasteiger charge is -2.46. The molecule has 1 N–H and O–H groups in total. The van der Waals surface area contributed by atoms with Gasteiger partial charge in [0.15, 0.2) is 0 Å². The van der Waals surface area contributed by atoms with Crippen LogP contribution in [0.1, 0.15) is 78.1 Å². The van der Waals surface area contributed by atoms with E-state index in [-0.39, 0.29) is 11.9 Å². The van der Waals surface area contributed by atoms with Gasteiger partial charge in [0.05, 0.1) is 6.04 Å². The summed E-state index contributed by atoms with van der Waals surface area (Å²) >= 11 is 0. The lowest BCUT2D eigenvalue weighted by Crippen LogP contribution is -2.55. The van der Waals surface area contributed by atoms with E-state index in [2.05, 4.69) is 17.1 Å². The van der Waals surface area contributed by atoms with Crippen LogP contribution in [0.5, 0.6) is 0 Å². The zero-order valence-corrected chi connectivity index (χ0v) is 18.6. The Morgan fingerprint density at radius 2 is 1.76 bits per heavy atom. The molecule has 0 aromatic rings. The molecule has 2 heterocycles. The van der Waals surface area contributed by atoms with Crippen molar-refractivity contribution in [3.8, 4) is 0 Å². The van der Waals surface area contributed by atoms with Crippen LogP contribution in [0, 0.1) is 23.7 Å². The van der Waals surface area contributed by atoms with Gasteiger partial charge >= 0.3 is 0 Å². The number of fused-ring (bicyclic) bond motifs is 2. The number of carbonyl (C=O) groups is 2. The molecule has 4 unspecified atom stereocenters. The highest BCUT2D eigenvalue weighted by atomic mass is 16.2. The van der Waals surface area contributed by atoms with Crippen molar-refractivity contribution < 1.29 is 9.59 Å². The number of hydrogen-bond donors (Lipinski definition) is 1. The Kier molecular flexibility index (Phi) is 6.83. The second kappa shape index (κ2) is 9.36. The second-order valence-corrected chi connectivity index (χ2v) is 10.3. The molecule has 2 aliphatic heterocycles. The maximum atomic E-state index is 13.3. The van der Waals surface area contributed by atoms with Gasteiger partial charge in [-0.1, -0.05) is 26.2 Å². The summed E-state index contributed by atoms with van der Waals surface area (Å²) in [4.78, 5) is 29.3. The zero-order chi connectivity index (χ0) is 20.4. The van der Waals surface area contributed by atoms with E-state index >= 15 is 0 Å². The third-order valence-electron chi connectivity index (χ3n) is 8.53. The van der Waals surface area contributed by atoms with Gasteiger partial charge in [0, 0.05) is 32.6 Å². The van der Waals surface area contributed by atoms with Crippen LogP contribution in [0.25, 0.3) is 0 Å². The van der Waals surface area contributed by atoms with Crippen LogP contribution in [-0.2, 0) is 9.59 Å². The molecular weight excluding hydrogens is 362 g/mol. The second-order valence-electron chi connectivity index (χ2n) is 10.3. The van der Waals surface area contributed by atoms with E-state index in [1.807, 2.05) is 4.90 Å². The number of hydrogen-bond acceptors (Lipinski definition) is 3. The number of likely N-dealkylation sites (tertiary alicyclic amines) is 2. The van der Waals surface area contributed by atoms with Crippen LogP contribution in [0.2, 0.25) is 0 Å². The van der Waals surface area contributed by atoms with E-state index in [4.69, 9.17) is 0 Å². The third kappa shape index (κ3) is 4.81. The van der Waals surface area contributed by atoms with E-state index < -0.39 is 0 Å². The monoisotopic (exact) mass is 403 g/mol. The van der Waals surface area contributed by atoms with Gasteiger partial charge in [-0.2, -0.15) is 0 Å². The van der Waals surface area contributed by atoms with Gasteiger partial charge in [0.1, 0.15) is 0 Å². The maximum Gasteiger partial charge on any atom is 0.237 e. The van der Waals surface area contributed by atoms with Gasteiger partial charge in [-0.25, -0.2) is 0 Å². The molecule has 5 nitrogen and oxygen atoms in total. The Bertz CT molecular complexity index is 585. The fourth-order valence-electron chi connectivity index (χ4n) is 6.85. The van der Waals surface area contributed by atoms with E-state index in [9.17, 15) is 9.59 Å².